The van der Waals surface area contributed by atoms with E-state index in [2.05, 4.69) is 33.0 Å². The molecule has 0 aliphatic heterocycles. The number of pyridine rings is 1. The first-order chi connectivity index (χ1) is 7.20. The molecule has 0 aliphatic rings. The summed E-state index contributed by atoms with van der Waals surface area (Å²) < 4.78 is 1.05. The fourth-order valence-electron chi connectivity index (χ4n) is 1.55. The molecule has 0 saturated heterocycles. The molecule has 0 radical (unpaired) electrons. The molecule has 2 rings (SSSR count). The van der Waals surface area contributed by atoms with Crippen molar-refractivity contribution in [3.63, 3.8) is 0 Å². The van der Waals surface area contributed by atoms with Crippen molar-refractivity contribution in [3.8, 4) is 6.07 Å². The van der Waals surface area contributed by atoms with E-state index in [-0.39, 0.29) is 0 Å². The molecule has 1 heterocycles. The summed E-state index contributed by atoms with van der Waals surface area (Å²) in [6.45, 7) is 1.99. The van der Waals surface area contributed by atoms with E-state index in [0.29, 0.717) is 6.42 Å². The molecule has 1 aromatic carbocycles. The van der Waals surface area contributed by atoms with Crippen LogP contribution in [0.1, 0.15) is 11.3 Å². The van der Waals surface area contributed by atoms with Crippen LogP contribution in [-0.4, -0.2) is 4.98 Å². The summed E-state index contributed by atoms with van der Waals surface area (Å²) in [6.07, 6.45) is 0.373. The average Bonchev–Trinajstić information content (AvgIpc) is 2.20. The molecule has 1 aromatic heterocycles. The van der Waals surface area contributed by atoms with Crippen molar-refractivity contribution in [3.05, 3.63) is 40.0 Å². The van der Waals surface area contributed by atoms with Gasteiger partial charge in [-0.25, -0.2) is 0 Å². The number of nitrogens with zero attached hydrogens (tertiary/aromatic N) is 2. The molecule has 0 aliphatic carbocycles. The van der Waals surface area contributed by atoms with Crippen LogP contribution in [0.5, 0.6) is 0 Å². The summed E-state index contributed by atoms with van der Waals surface area (Å²) in [6, 6.07) is 10.1. The molecule has 3 heteroatoms. The Hall–Kier alpha value is -1.40. The lowest BCUT2D eigenvalue weighted by molar-refractivity contribution is 1.11. The first kappa shape index (κ1) is 10.1. The Balaban J connectivity index is 2.66. The van der Waals surface area contributed by atoms with Crippen LogP contribution in [0.15, 0.2) is 28.7 Å². The van der Waals surface area contributed by atoms with Crippen molar-refractivity contribution in [1.82, 2.24) is 4.98 Å². The fraction of sp³-hybridized carbons (Fsp3) is 0.167. The third-order valence-electron chi connectivity index (χ3n) is 2.32. The van der Waals surface area contributed by atoms with Crippen LogP contribution in [0.25, 0.3) is 10.9 Å². The molecule has 0 fully saturated rings. The summed E-state index contributed by atoms with van der Waals surface area (Å²) in [5.41, 5.74) is 2.88. The maximum atomic E-state index is 8.66. The maximum absolute atomic E-state index is 8.66. The molecule has 0 unspecified atom stereocenters. The van der Waals surface area contributed by atoms with E-state index >= 15 is 0 Å². The first-order valence-corrected chi connectivity index (χ1v) is 5.43. The van der Waals surface area contributed by atoms with Gasteiger partial charge in [0.05, 0.1) is 23.7 Å². The Morgan fingerprint density at radius 1 is 1.40 bits per heavy atom. The molecule has 74 valence electrons. The average molecular weight is 261 g/mol. The molecule has 2 nitrogen and oxygen atoms in total. The number of hydrogen-bond donors (Lipinski definition) is 0. The number of nitriles is 1. The maximum Gasteiger partial charge on any atom is 0.0777 e. The highest BCUT2D eigenvalue weighted by Gasteiger charge is 2.03. The number of hydrogen-bond acceptors (Lipinski definition) is 2. The summed E-state index contributed by atoms with van der Waals surface area (Å²) in [7, 11) is 0. The molecule has 0 atom stereocenters. The van der Waals surface area contributed by atoms with Crippen molar-refractivity contribution in [1.29, 1.82) is 5.26 Å². The van der Waals surface area contributed by atoms with E-state index in [1.165, 1.54) is 0 Å². The zero-order valence-electron chi connectivity index (χ0n) is 8.29. The van der Waals surface area contributed by atoms with E-state index in [9.17, 15) is 0 Å². The van der Waals surface area contributed by atoms with Crippen molar-refractivity contribution >= 4 is 26.8 Å². The Bertz CT molecular complexity index is 555. The van der Waals surface area contributed by atoms with Crippen LogP contribution in [-0.2, 0) is 6.42 Å². The van der Waals surface area contributed by atoms with Crippen LogP contribution < -0.4 is 0 Å². The SMILES string of the molecule is Cc1cc2cc(Br)ccc2nc1CC#N. The van der Waals surface area contributed by atoms with Gasteiger partial charge in [-0.3, -0.25) is 4.98 Å². The minimum absolute atomic E-state index is 0.373. The Kier molecular flexibility index (Phi) is 2.70. The Labute approximate surface area is 96.7 Å². The zero-order valence-corrected chi connectivity index (χ0v) is 9.87. The predicted molar refractivity (Wildman–Crippen MR) is 63.5 cm³/mol. The number of aryl methyl sites for hydroxylation is 1. The second-order valence-corrected chi connectivity index (χ2v) is 4.34. The van der Waals surface area contributed by atoms with Crippen LogP contribution in [0.4, 0.5) is 0 Å². The van der Waals surface area contributed by atoms with E-state index in [4.69, 9.17) is 5.26 Å². The van der Waals surface area contributed by atoms with Crippen molar-refractivity contribution in [2.24, 2.45) is 0 Å². The number of halogens is 1. The minimum atomic E-state index is 0.373. The molecule has 0 spiro atoms. The van der Waals surface area contributed by atoms with Gasteiger partial charge in [-0.05, 0) is 36.8 Å². The zero-order chi connectivity index (χ0) is 10.8. The highest BCUT2D eigenvalue weighted by atomic mass is 79.9. The molecule has 0 amide bonds. The second-order valence-electron chi connectivity index (χ2n) is 3.42. The van der Waals surface area contributed by atoms with Gasteiger partial charge in [-0.2, -0.15) is 5.26 Å². The lowest BCUT2D eigenvalue weighted by atomic mass is 10.1. The molecule has 0 saturated carbocycles. The molecular weight excluding hydrogens is 252 g/mol. The molecule has 0 bridgehead atoms. The normalized spacial score (nSPS) is 10.2. The monoisotopic (exact) mass is 260 g/mol. The summed E-state index contributed by atoms with van der Waals surface area (Å²) in [4.78, 5) is 4.46. The quantitative estimate of drug-likeness (QED) is 0.789. The molecular formula is C12H9BrN2. The van der Waals surface area contributed by atoms with Gasteiger partial charge in [0.1, 0.15) is 0 Å². The lowest BCUT2D eigenvalue weighted by Crippen LogP contribution is -1.93. The van der Waals surface area contributed by atoms with Crippen LogP contribution in [0.3, 0.4) is 0 Å². The van der Waals surface area contributed by atoms with Gasteiger partial charge in [0.2, 0.25) is 0 Å². The number of fused-ring (bicyclic) bond motifs is 1. The minimum Gasteiger partial charge on any atom is -0.251 e. The van der Waals surface area contributed by atoms with Crippen molar-refractivity contribution in [2.45, 2.75) is 13.3 Å². The van der Waals surface area contributed by atoms with E-state index in [0.717, 1.165) is 26.6 Å². The number of rotatable bonds is 1. The van der Waals surface area contributed by atoms with Gasteiger partial charge in [0.25, 0.3) is 0 Å². The smallest absolute Gasteiger partial charge is 0.0777 e. The molecule has 0 N–H and O–H groups in total. The number of aromatic nitrogens is 1. The van der Waals surface area contributed by atoms with Gasteiger partial charge >= 0.3 is 0 Å². The fourth-order valence-corrected chi connectivity index (χ4v) is 1.93. The highest BCUT2D eigenvalue weighted by Crippen LogP contribution is 2.20. The second kappa shape index (κ2) is 4.00. The topological polar surface area (TPSA) is 36.7 Å². The largest absolute Gasteiger partial charge is 0.251 e. The van der Waals surface area contributed by atoms with Crippen LogP contribution in [0.2, 0.25) is 0 Å². The van der Waals surface area contributed by atoms with E-state index in [1.807, 2.05) is 25.1 Å². The van der Waals surface area contributed by atoms with Gasteiger partial charge in [-0.1, -0.05) is 15.9 Å². The van der Waals surface area contributed by atoms with Crippen molar-refractivity contribution < 1.29 is 0 Å². The van der Waals surface area contributed by atoms with E-state index in [1.54, 1.807) is 0 Å². The Morgan fingerprint density at radius 2 is 2.20 bits per heavy atom. The molecule has 15 heavy (non-hydrogen) atoms. The number of benzene rings is 1. The highest BCUT2D eigenvalue weighted by molar-refractivity contribution is 9.10. The third-order valence-corrected chi connectivity index (χ3v) is 2.81. The standard InChI is InChI=1S/C12H9BrN2/c1-8-6-9-7-10(13)2-3-12(9)15-11(8)4-5-14/h2-3,6-7H,4H2,1H3. The van der Waals surface area contributed by atoms with Crippen LogP contribution in [0, 0.1) is 18.3 Å². The van der Waals surface area contributed by atoms with E-state index < -0.39 is 0 Å². The summed E-state index contributed by atoms with van der Waals surface area (Å²) >= 11 is 3.43. The summed E-state index contributed by atoms with van der Waals surface area (Å²) in [5.74, 6) is 0. The first-order valence-electron chi connectivity index (χ1n) is 4.63. The molecule has 2 aromatic rings. The van der Waals surface area contributed by atoms with Gasteiger partial charge in [-0.15, -0.1) is 0 Å². The third kappa shape index (κ3) is 2.00. The van der Waals surface area contributed by atoms with Gasteiger partial charge in [0, 0.05) is 9.86 Å². The predicted octanol–water partition coefficient (Wildman–Crippen LogP) is 3.37. The van der Waals surface area contributed by atoms with Gasteiger partial charge in [0.15, 0.2) is 0 Å². The Morgan fingerprint density at radius 3 is 2.93 bits per heavy atom. The van der Waals surface area contributed by atoms with Crippen LogP contribution >= 0.6 is 15.9 Å². The van der Waals surface area contributed by atoms with Crippen molar-refractivity contribution in [2.75, 3.05) is 0 Å². The summed E-state index contributed by atoms with van der Waals surface area (Å²) in [5, 5.41) is 9.76. The lowest BCUT2D eigenvalue weighted by Gasteiger charge is -2.04. The van der Waals surface area contributed by atoms with Gasteiger partial charge < -0.3 is 0 Å².